The van der Waals surface area contributed by atoms with Gasteiger partial charge in [-0.1, -0.05) is 12.2 Å². The number of fused-ring (bicyclic) bond motifs is 3. The van der Waals surface area contributed by atoms with Crippen LogP contribution in [0.3, 0.4) is 0 Å². The van der Waals surface area contributed by atoms with E-state index in [0.717, 1.165) is 12.0 Å². The molecule has 0 aromatic carbocycles. The summed E-state index contributed by atoms with van der Waals surface area (Å²) in [6, 6.07) is 0. The molecule has 4 rings (SSSR count). The summed E-state index contributed by atoms with van der Waals surface area (Å²) in [6.07, 6.45) is 2.10. The van der Waals surface area contributed by atoms with Gasteiger partial charge in [0.15, 0.2) is 0 Å². The highest BCUT2D eigenvalue weighted by Crippen LogP contribution is 2.77. The standard InChI is InChI=1S/C20H24O7/c1-9-7-19-8-10(9)3-4-11(19)20(17(26)27)6-5-12(21)18(2,16(24)25)14(20)13(19)15(22)23/h10-11,13-14H,1,3-8H2,2H3,(H,22,23)(H,24,25)(H,26,27)/t10-,11-,13-,14-,18+,19+,20-/m1/s1. The highest BCUT2D eigenvalue weighted by atomic mass is 16.4. The maximum atomic E-state index is 12.7. The topological polar surface area (TPSA) is 129 Å². The van der Waals surface area contributed by atoms with Crippen molar-refractivity contribution in [2.45, 2.75) is 45.4 Å². The number of hydrogen-bond donors (Lipinski definition) is 3. The van der Waals surface area contributed by atoms with E-state index in [4.69, 9.17) is 0 Å². The van der Waals surface area contributed by atoms with Gasteiger partial charge >= 0.3 is 17.9 Å². The largest absolute Gasteiger partial charge is 0.481 e. The van der Waals surface area contributed by atoms with Gasteiger partial charge in [-0.2, -0.15) is 0 Å². The van der Waals surface area contributed by atoms with Crippen LogP contribution in [-0.2, 0) is 19.2 Å². The first-order valence-electron chi connectivity index (χ1n) is 9.44. The monoisotopic (exact) mass is 376 g/mol. The number of Topliss-reactive ketones (excluding diaryl/α,β-unsaturated/α-hetero) is 1. The Balaban J connectivity index is 2.03. The predicted octanol–water partition coefficient (Wildman–Crippen LogP) is 2.20. The molecule has 0 aliphatic heterocycles. The van der Waals surface area contributed by atoms with Gasteiger partial charge in [-0.05, 0) is 56.3 Å². The third-order valence-corrected chi connectivity index (χ3v) is 8.46. The van der Waals surface area contributed by atoms with Crippen LogP contribution in [0.15, 0.2) is 12.2 Å². The number of ketones is 1. The van der Waals surface area contributed by atoms with Crippen molar-refractivity contribution in [2.75, 3.05) is 0 Å². The number of carbonyl (C=O) groups excluding carboxylic acids is 1. The van der Waals surface area contributed by atoms with E-state index in [1.165, 1.54) is 6.92 Å². The molecular weight excluding hydrogens is 352 g/mol. The second-order valence-corrected chi connectivity index (χ2v) is 9.17. The smallest absolute Gasteiger partial charge is 0.317 e. The molecule has 27 heavy (non-hydrogen) atoms. The molecule has 7 nitrogen and oxygen atoms in total. The van der Waals surface area contributed by atoms with Crippen LogP contribution in [0.1, 0.15) is 45.4 Å². The summed E-state index contributed by atoms with van der Waals surface area (Å²) < 4.78 is 0. The Kier molecular flexibility index (Phi) is 3.51. The second kappa shape index (κ2) is 5.20. The van der Waals surface area contributed by atoms with Crippen molar-refractivity contribution >= 4 is 23.7 Å². The Hall–Kier alpha value is -2.18. The van der Waals surface area contributed by atoms with Crippen molar-refractivity contribution in [1.82, 2.24) is 0 Å². The summed E-state index contributed by atoms with van der Waals surface area (Å²) in [4.78, 5) is 50.0. The van der Waals surface area contributed by atoms with Gasteiger partial charge in [0.2, 0.25) is 0 Å². The van der Waals surface area contributed by atoms with Crippen molar-refractivity contribution in [2.24, 2.45) is 39.9 Å². The number of aliphatic carboxylic acids is 3. The molecule has 4 saturated carbocycles. The van der Waals surface area contributed by atoms with Crippen molar-refractivity contribution in [3.63, 3.8) is 0 Å². The first-order valence-corrected chi connectivity index (χ1v) is 9.44. The molecule has 4 fully saturated rings. The average molecular weight is 376 g/mol. The Bertz CT molecular complexity index is 800. The summed E-state index contributed by atoms with van der Waals surface area (Å²) in [7, 11) is 0. The molecular formula is C20H24O7. The maximum Gasteiger partial charge on any atom is 0.317 e. The second-order valence-electron chi connectivity index (χ2n) is 9.17. The fourth-order valence-corrected chi connectivity index (χ4v) is 7.50. The van der Waals surface area contributed by atoms with Gasteiger partial charge in [0.05, 0.1) is 11.3 Å². The number of allylic oxidation sites excluding steroid dienone is 1. The summed E-state index contributed by atoms with van der Waals surface area (Å²) in [6.45, 7) is 5.33. The summed E-state index contributed by atoms with van der Waals surface area (Å²) in [5.74, 6) is -7.05. The molecule has 0 aromatic rings. The van der Waals surface area contributed by atoms with Crippen LogP contribution in [-0.4, -0.2) is 39.0 Å². The quantitative estimate of drug-likeness (QED) is 0.509. The summed E-state index contributed by atoms with van der Waals surface area (Å²) in [5, 5.41) is 30.4. The van der Waals surface area contributed by atoms with Crippen LogP contribution >= 0.6 is 0 Å². The summed E-state index contributed by atoms with van der Waals surface area (Å²) in [5.41, 5.74) is -3.40. The summed E-state index contributed by atoms with van der Waals surface area (Å²) >= 11 is 0. The third kappa shape index (κ3) is 1.83. The zero-order chi connectivity index (χ0) is 19.9. The Morgan fingerprint density at radius 1 is 1.11 bits per heavy atom. The van der Waals surface area contributed by atoms with Gasteiger partial charge in [0.25, 0.3) is 0 Å². The molecule has 2 bridgehead atoms. The lowest BCUT2D eigenvalue weighted by Gasteiger charge is -2.48. The Labute approximate surface area is 156 Å². The highest BCUT2D eigenvalue weighted by molar-refractivity contribution is 6.06. The molecule has 7 atom stereocenters. The molecule has 3 N–H and O–H groups in total. The number of rotatable bonds is 3. The van der Waals surface area contributed by atoms with Crippen molar-refractivity contribution in [3.8, 4) is 0 Å². The molecule has 146 valence electrons. The van der Waals surface area contributed by atoms with Crippen LogP contribution in [0.4, 0.5) is 0 Å². The van der Waals surface area contributed by atoms with Crippen molar-refractivity contribution in [1.29, 1.82) is 0 Å². The van der Waals surface area contributed by atoms with E-state index >= 15 is 0 Å². The lowest BCUT2D eigenvalue weighted by Crippen LogP contribution is -2.58. The van der Waals surface area contributed by atoms with E-state index in [1.54, 1.807) is 0 Å². The maximum absolute atomic E-state index is 12.7. The van der Waals surface area contributed by atoms with Crippen LogP contribution in [0.5, 0.6) is 0 Å². The minimum absolute atomic E-state index is 0.0159. The first-order chi connectivity index (χ1) is 12.5. The fraction of sp³-hybridized carbons (Fsp3) is 0.700. The normalized spacial score (nSPS) is 48.0. The van der Waals surface area contributed by atoms with E-state index in [9.17, 15) is 34.5 Å². The van der Waals surface area contributed by atoms with E-state index in [-0.39, 0.29) is 18.8 Å². The Morgan fingerprint density at radius 3 is 2.33 bits per heavy atom. The van der Waals surface area contributed by atoms with Gasteiger partial charge in [0.1, 0.15) is 11.2 Å². The van der Waals surface area contributed by atoms with Crippen LogP contribution in [0, 0.1) is 39.9 Å². The van der Waals surface area contributed by atoms with Crippen LogP contribution in [0.25, 0.3) is 0 Å². The Morgan fingerprint density at radius 2 is 1.78 bits per heavy atom. The number of carboxylic acids is 3. The van der Waals surface area contributed by atoms with Gasteiger partial charge < -0.3 is 15.3 Å². The van der Waals surface area contributed by atoms with E-state index in [1.807, 2.05) is 0 Å². The number of carboxylic acid groups (broad SMARTS) is 3. The van der Waals surface area contributed by atoms with Crippen molar-refractivity contribution < 1.29 is 34.5 Å². The fourth-order valence-electron chi connectivity index (χ4n) is 7.50. The molecule has 0 aromatic heterocycles. The SMILES string of the molecule is C=C1C[C@]23C[C@H]1CC[C@H]2[C@]1(C(=O)O)CCC(=O)[C@](C)(C(=O)O)[C@H]1[C@@H]3C(=O)O. The minimum atomic E-state index is -2.01. The molecule has 0 amide bonds. The molecule has 0 saturated heterocycles. The highest BCUT2D eigenvalue weighted by Gasteiger charge is 2.80. The molecule has 1 spiro atoms. The average Bonchev–Trinajstić information content (AvgIpc) is 2.99. The number of hydrogen-bond acceptors (Lipinski definition) is 4. The van der Waals surface area contributed by atoms with Gasteiger partial charge in [-0.3, -0.25) is 19.2 Å². The van der Waals surface area contributed by atoms with Gasteiger partial charge in [-0.25, -0.2) is 0 Å². The van der Waals surface area contributed by atoms with Crippen molar-refractivity contribution in [3.05, 3.63) is 12.2 Å². The van der Waals surface area contributed by atoms with Crippen LogP contribution in [0.2, 0.25) is 0 Å². The zero-order valence-corrected chi connectivity index (χ0v) is 15.2. The van der Waals surface area contributed by atoms with E-state index in [2.05, 4.69) is 6.58 Å². The van der Waals surface area contributed by atoms with Gasteiger partial charge in [0, 0.05) is 12.3 Å². The minimum Gasteiger partial charge on any atom is -0.481 e. The first kappa shape index (κ1) is 18.2. The molecule has 0 unspecified atom stereocenters. The predicted molar refractivity (Wildman–Crippen MR) is 91.7 cm³/mol. The van der Waals surface area contributed by atoms with E-state index < -0.39 is 57.7 Å². The molecule has 0 heterocycles. The lowest BCUT2D eigenvalue weighted by molar-refractivity contribution is -0.179. The van der Waals surface area contributed by atoms with Crippen LogP contribution < -0.4 is 0 Å². The lowest BCUT2D eigenvalue weighted by atomic mass is 9.52. The molecule has 4 aliphatic carbocycles. The molecule has 7 heteroatoms. The number of carbonyl (C=O) groups is 4. The zero-order valence-electron chi connectivity index (χ0n) is 15.2. The van der Waals surface area contributed by atoms with E-state index in [0.29, 0.717) is 19.3 Å². The molecule has 0 radical (unpaired) electrons. The third-order valence-electron chi connectivity index (χ3n) is 8.46. The molecule has 4 aliphatic rings. The van der Waals surface area contributed by atoms with Gasteiger partial charge in [-0.15, -0.1) is 0 Å².